The number of fused-ring (bicyclic) bond motifs is 2. The van der Waals surface area contributed by atoms with E-state index in [1.54, 1.807) is 24.3 Å². The normalized spacial score (nSPS) is 12.5. The molecule has 0 saturated heterocycles. The summed E-state index contributed by atoms with van der Waals surface area (Å²) < 4.78 is 26.6. The number of halogens is 1. The van der Waals surface area contributed by atoms with Crippen LogP contribution in [-0.2, 0) is 13.1 Å². The summed E-state index contributed by atoms with van der Waals surface area (Å²) in [6, 6.07) is 9.88. The molecule has 1 aromatic heterocycles. The van der Waals surface area contributed by atoms with E-state index in [0.29, 0.717) is 30.2 Å². The van der Waals surface area contributed by atoms with Gasteiger partial charge in [-0.3, -0.25) is 4.79 Å². The summed E-state index contributed by atoms with van der Waals surface area (Å²) in [6.45, 7) is 6.04. The molecular formula is C23H26FN3O3. The molecule has 0 spiro atoms. The van der Waals surface area contributed by atoms with E-state index < -0.39 is 0 Å². The van der Waals surface area contributed by atoms with E-state index in [1.165, 1.54) is 12.1 Å². The van der Waals surface area contributed by atoms with Crippen molar-refractivity contribution in [2.75, 3.05) is 13.3 Å². The Morgan fingerprint density at radius 1 is 1.13 bits per heavy atom. The number of imidazole rings is 1. The molecule has 0 bridgehead atoms. The van der Waals surface area contributed by atoms with Crippen molar-refractivity contribution in [3.63, 3.8) is 0 Å². The van der Waals surface area contributed by atoms with Crippen molar-refractivity contribution in [3.05, 3.63) is 53.6 Å². The van der Waals surface area contributed by atoms with Gasteiger partial charge in [-0.2, -0.15) is 0 Å². The molecule has 1 aliphatic heterocycles. The molecule has 1 amide bonds. The number of benzene rings is 2. The minimum Gasteiger partial charge on any atom is -0.454 e. The molecule has 158 valence electrons. The van der Waals surface area contributed by atoms with E-state index in [-0.39, 0.29) is 18.5 Å². The summed E-state index contributed by atoms with van der Waals surface area (Å²) in [7, 11) is 0. The van der Waals surface area contributed by atoms with E-state index in [1.807, 2.05) is 9.47 Å². The van der Waals surface area contributed by atoms with E-state index in [0.717, 1.165) is 42.7 Å². The summed E-state index contributed by atoms with van der Waals surface area (Å²) in [5.41, 5.74) is 2.06. The Kier molecular flexibility index (Phi) is 5.88. The lowest BCUT2D eigenvalue weighted by atomic mass is 10.1. The van der Waals surface area contributed by atoms with Gasteiger partial charge in [-0.15, -0.1) is 0 Å². The molecule has 4 rings (SSSR count). The highest BCUT2D eigenvalue weighted by Gasteiger charge is 2.22. The van der Waals surface area contributed by atoms with E-state index >= 15 is 0 Å². The maximum atomic E-state index is 13.8. The highest BCUT2D eigenvalue weighted by molar-refractivity contribution is 5.95. The molecule has 0 radical (unpaired) electrons. The molecule has 0 N–H and O–H groups in total. The Morgan fingerprint density at radius 2 is 1.97 bits per heavy atom. The number of aryl methyl sites for hydroxylation is 1. The first-order valence-electron chi connectivity index (χ1n) is 10.4. The van der Waals surface area contributed by atoms with Gasteiger partial charge in [0.05, 0.1) is 17.6 Å². The molecule has 0 saturated carbocycles. The molecule has 30 heavy (non-hydrogen) atoms. The zero-order valence-corrected chi connectivity index (χ0v) is 17.4. The average molecular weight is 411 g/mol. The van der Waals surface area contributed by atoms with Crippen LogP contribution in [0.15, 0.2) is 36.4 Å². The van der Waals surface area contributed by atoms with Crippen LogP contribution in [0.3, 0.4) is 0 Å². The first-order valence-corrected chi connectivity index (χ1v) is 10.4. The molecule has 7 heteroatoms. The van der Waals surface area contributed by atoms with Crippen molar-refractivity contribution in [2.45, 2.75) is 46.2 Å². The van der Waals surface area contributed by atoms with Crippen LogP contribution in [0.25, 0.3) is 11.0 Å². The zero-order chi connectivity index (χ0) is 21.1. The third kappa shape index (κ3) is 3.97. The number of amides is 1. The first-order chi connectivity index (χ1) is 14.6. The Labute approximate surface area is 175 Å². The highest BCUT2D eigenvalue weighted by atomic mass is 19.1. The summed E-state index contributed by atoms with van der Waals surface area (Å²) in [5.74, 6) is 1.64. The van der Waals surface area contributed by atoms with Crippen LogP contribution in [0.4, 0.5) is 4.39 Å². The first kappa shape index (κ1) is 20.2. The number of rotatable bonds is 8. The summed E-state index contributed by atoms with van der Waals surface area (Å²) in [6.07, 6.45) is 2.75. The van der Waals surface area contributed by atoms with Crippen molar-refractivity contribution >= 4 is 16.9 Å². The predicted octanol–water partition coefficient (Wildman–Crippen LogP) is 4.76. The van der Waals surface area contributed by atoms with Crippen LogP contribution in [0.1, 0.15) is 49.3 Å². The Hall–Kier alpha value is -3.09. The van der Waals surface area contributed by atoms with Crippen LogP contribution in [0.5, 0.6) is 11.5 Å². The van der Waals surface area contributed by atoms with Gasteiger partial charge in [-0.05, 0) is 49.2 Å². The fraction of sp³-hybridized carbons (Fsp3) is 0.391. The summed E-state index contributed by atoms with van der Waals surface area (Å²) >= 11 is 0. The minimum absolute atomic E-state index is 0.0805. The third-order valence-corrected chi connectivity index (χ3v) is 5.26. The van der Waals surface area contributed by atoms with Crippen molar-refractivity contribution in [3.8, 4) is 11.5 Å². The summed E-state index contributed by atoms with van der Waals surface area (Å²) in [5, 5.41) is 0. The predicted molar refractivity (Wildman–Crippen MR) is 112 cm³/mol. The van der Waals surface area contributed by atoms with E-state index in [2.05, 4.69) is 13.8 Å². The topological polar surface area (TPSA) is 56.6 Å². The lowest BCUT2D eigenvalue weighted by molar-refractivity contribution is 0.0734. The Balaban J connectivity index is 1.66. The van der Waals surface area contributed by atoms with Crippen LogP contribution in [0.2, 0.25) is 0 Å². The second-order valence-electron chi connectivity index (χ2n) is 7.46. The van der Waals surface area contributed by atoms with Crippen molar-refractivity contribution in [2.24, 2.45) is 0 Å². The van der Waals surface area contributed by atoms with Gasteiger partial charge in [-0.25, -0.2) is 9.37 Å². The molecular weight excluding hydrogens is 385 g/mol. The fourth-order valence-electron chi connectivity index (χ4n) is 3.72. The molecule has 3 aromatic rings. The van der Waals surface area contributed by atoms with Gasteiger partial charge in [0.25, 0.3) is 5.91 Å². The minimum atomic E-state index is -0.287. The molecule has 1 aliphatic rings. The number of carbonyl (C=O) groups excluding carboxylic acids is 1. The quantitative estimate of drug-likeness (QED) is 0.536. The van der Waals surface area contributed by atoms with Crippen LogP contribution in [-0.4, -0.2) is 33.7 Å². The third-order valence-electron chi connectivity index (χ3n) is 5.26. The van der Waals surface area contributed by atoms with Gasteiger partial charge in [0.2, 0.25) is 6.79 Å². The molecule has 0 aliphatic carbocycles. The highest BCUT2D eigenvalue weighted by Crippen LogP contribution is 2.33. The van der Waals surface area contributed by atoms with Crippen LogP contribution in [0, 0.1) is 5.82 Å². The number of nitrogens with zero attached hydrogens (tertiary/aromatic N) is 3. The molecule has 2 aromatic carbocycles. The Bertz CT molecular complexity index is 1060. The molecule has 2 heterocycles. The average Bonchev–Trinajstić information content (AvgIpc) is 3.35. The van der Waals surface area contributed by atoms with Gasteiger partial charge in [0, 0.05) is 18.7 Å². The maximum Gasteiger partial charge on any atom is 0.254 e. The lowest BCUT2D eigenvalue weighted by Crippen LogP contribution is -2.32. The smallest absolute Gasteiger partial charge is 0.254 e. The van der Waals surface area contributed by atoms with Crippen molar-refractivity contribution in [1.29, 1.82) is 0 Å². The van der Waals surface area contributed by atoms with Gasteiger partial charge < -0.3 is 18.9 Å². The Morgan fingerprint density at radius 3 is 2.77 bits per heavy atom. The molecule has 0 atom stereocenters. The zero-order valence-electron chi connectivity index (χ0n) is 17.4. The van der Waals surface area contributed by atoms with Gasteiger partial charge in [-0.1, -0.05) is 20.3 Å². The number of hydrogen-bond acceptors (Lipinski definition) is 4. The van der Waals surface area contributed by atoms with Crippen molar-refractivity contribution in [1.82, 2.24) is 14.5 Å². The second kappa shape index (κ2) is 8.73. The molecule has 0 fully saturated rings. The number of unbranched alkanes of at least 4 members (excludes halogenated alkanes) is 1. The SMILES string of the molecule is CCCCN(Cc1nc2ccc(F)cc2n1CCC)C(=O)c1ccc2c(c1)OCO2. The van der Waals surface area contributed by atoms with Gasteiger partial charge in [0.1, 0.15) is 11.6 Å². The largest absolute Gasteiger partial charge is 0.454 e. The van der Waals surface area contributed by atoms with Gasteiger partial charge in [0.15, 0.2) is 11.5 Å². The lowest BCUT2D eigenvalue weighted by Gasteiger charge is -2.23. The van der Waals surface area contributed by atoms with Crippen molar-refractivity contribution < 1.29 is 18.7 Å². The van der Waals surface area contributed by atoms with Gasteiger partial charge >= 0.3 is 0 Å². The number of carbonyl (C=O) groups is 1. The number of hydrogen-bond donors (Lipinski definition) is 0. The van der Waals surface area contributed by atoms with Crippen LogP contribution >= 0.6 is 0 Å². The fourth-order valence-corrected chi connectivity index (χ4v) is 3.72. The second-order valence-corrected chi connectivity index (χ2v) is 7.46. The summed E-state index contributed by atoms with van der Waals surface area (Å²) in [4.78, 5) is 19.8. The number of aromatic nitrogens is 2. The molecule has 6 nitrogen and oxygen atoms in total. The standard InChI is InChI=1S/C23H26FN3O3/c1-3-5-11-26(23(28)16-6-9-20-21(12-16)30-15-29-20)14-22-25-18-8-7-17(24)13-19(18)27(22)10-4-2/h6-9,12-13H,3-5,10-11,14-15H2,1-2H3. The number of ether oxygens (including phenoxy) is 2. The van der Waals surface area contributed by atoms with E-state index in [4.69, 9.17) is 14.5 Å². The maximum absolute atomic E-state index is 13.8. The van der Waals surface area contributed by atoms with E-state index in [9.17, 15) is 9.18 Å². The monoisotopic (exact) mass is 411 g/mol. The van der Waals surface area contributed by atoms with Crippen LogP contribution < -0.4 is 9.47 Å². The molecule has 0 unspecified atom stereocenters.